The molecule has 3 rings (SSSR count). The first-order valence-electron chi connectivity index (χ1n) is 9.78. The maximum atomic E-state index is 12.9. The van der Waals surface area contributed by atoms with E-state index in [1.165, 1.54) is 11.0 Å². The van der Waals surface area contributed by atoms with Crippen LogP contribution in [-0.4, -0.2) is 64.7 Å². The highest BCUT2D eigenvalue weighted by Gasteiger charge is 2.35. The maximum Gasteiger partial charge on any atom is 0.416 e. The largest absolute Gasteiger partial charge is 0.444 e. The first-order chi connectivity index (χ1) is 14.3. The predicted octanol–water partition coefficient (Wildman–Crippen LogP) is 3.59. The van der Waals surface area contributed by atoms with Gasteiger partial charge in [0, 0.05) is 37.5 Å². The van der Waals surface area contributed by atoms with Crippen molar-refractivity contribution in [1.29, 1.82) is 0 Å². The van der Waals surface area contributed by atoms with Gasteiger partial charge in [-0.15, -0.1) is 11.8 Å². The second-order valence-corrected chi connectivity index (χ2v) is 9.60. The van der Waals surface area contributed by atoms with Crippen LogP contribution in [0, 0.1) is 0 Å². The molecule has 1 aromatic rings. The zero-order valence-electron chi connectivity index (χ0n) is 17.4. The molecule has 0 bridgehead atoms. The van der Waals surface area contributed by atoms with E-state index in [-0.39, 0.29) is 18.0 Å². The average Bonchev–Trinajstić information content (AvgIpc) is 2.66. The van der Waals surface area contributed by atoms with Crippen molar-refractivity contribution in [3.05, 3.63) is 23.8 Å². The summed E-state index contributed by atoms with van der Waals surface area (Å²) in [6, 6.07) is 3.16. The standard InChI is InChI=1S/C20H24F3N3O4S/c1-19(2,3)30-18(29)26-8-6-25(7-9-26)16(27)11-15-17(28)24-13-10-12(20(21,22)23)4-5-14(13)31-15/h4-5,10,15H,6-9,11H2,1-3H3,(H,24,28). The van der Waals surface area contributed by atoms with Gasteiger partial charge in [0.2, 0.25) is 11.8 Å². The molecule has 1 saturated heterocycles. The molecule has 2 aliphatic rings. The van der Waals surface area contributed by atoms with Gasteiger partial charge in [0.15, 0.2) is 0 Å². The molecule has 1 aromatic carbocycles. The Morgan fingerprint density at radius 2 is 1.74 bits per heavy atom. The fourth-order valence-corrected chi connectivity index (χ4v) is 4.30. The fraction of sp³-hybridized carbons (Fsp3) is 0.550. The van der Waals surface area contributed by atoms with Crippen molar-refractivity contribution in [2.75, 3.05) is 31.5 Å². The highest BCUT2D eigenvalue weighted by Crippen LogP contribution is 2.40. The summed E-state index contributed by atoms with van der Waals surface area (Å²) in [4.78, 5) is 40.7. The molecule has 1 fully saturated rings. The lowest BCUT2D eigenvalue weighted by molar-refractivity contribution is -0.137. The normalized spacial score (nSPS) is 19.5. The third-order valence-corrected chi connectivity index (χ3v) is 6.05. The minimum absolute atomic E-state index is 0.0800. The number of thioether (sulfide) groups is 1. The summed E-state index contributed by atoms with van der Waals surface area (Å²) in [5.41, 5.74) is -1.35. The molecule has 1 atom stereocenters. The lowest BCUT2D eigenvalue weighted by atomic mass is 10.1. The van der Waals surface area contributed by atoms with Gasteiger partial charge in [0.05, 0.1) is 16.5 Å². The summed E-state index contributed by atoms with van der Waals surface area (Å²) in [5.74, 6) is -0.746. The minimum Gasteiger partial charge on any atom is -0.444 e. The third-order valence-electron chi connectivity index (χ3n) is 4.77. The van der Waals surface area contributed by atoms with Crippen LogP contribution >= 0.6 is 11.8 Å². The minimum atomic E-state index is -4.50. The highest BCUT2D eigenvalue weighted by molar-refractivity contribution is 8.01. The van der Waals surface area contributed by atoms with E-state index in [1.807, 2.05) is 0 Å². The van der Waals surface area contributed by atoms with Crippen molar-refractivity contribution < 1.29 is 32.3 Å². The molecule has 2 aliphatic heterocycles. The van der Waals surface area contributed by atoms with Crippen LogP contribution < -0.4 is 5.32 Å². The molecule has 1 unspecified atom stereocenters. The molecular formula is C20H24F3N3O4S. The van der Waals surface area contributed by atoms with Crippen molar-refractivity contribution in [1.82, 2.24) is 9.80 Å². The van der Waals surface area contributed by atoms with E-state index >= 15 is 0 Å². The van der Waals surface area contributed by atoms with Crippen LogP contribution in [0.1, 0.15) is 32.8 Å². The Labute approximate surface area is 182 Å². The van der Waals surface area contributed by atoms with Crippen molar-refractivity contribution in [2.24, 2.45) is 0 Å². The summed E-state index contributed by atoms with van der Waals surface area (Å²) >= 11 is 1.08. The Kier molecular flexibility index (Phi) is 6.45. The number of nitrogens with zero attached hydrogens (tertiary/aromatic N) is 2. The summed E-state index contributed by atoms with van der Waals surface area (Å²) in [7, 11) is 0. The van der Waals surface area contributed by atoms with Crippen LogP contribution in [0.4, 0.5) is 23.7 Å². The van der Waals surface area contributed by atoms with Gasteiger partial charge in [-0.25, -0.2) is 4.79 Å². The van der Waals surface area contributed by atoms with Gasteiger partial charge in [-0.05, 0) is 39.0 Å². The number of amides is 3. The smallest absolute Gasteiger partial charge is 0.416 e. The molecule has 7 nitrogen and oxygen atoms in total. The quantitative estimate of drug-likeness (QED) is 0.731. The number of fused-ring (bicyclic) bond motifs is 1. The van der Waals surface area contributed by atoms with Crippen LogP contribution in [0.2, 0.25) is 0 Å². The van der Waals surface area contributed by atoms with Gasteiger partial charge < -0.3 is 19.9 Å². The van der Waals surface area contributed by atoms with E-state index in [2.05, 4.69) is 5.32 Å². The number of carbonyl (C=O) groups excluding carboxylic acids is 3. The Bertz CT molecular complexity index is 877. The Morgan fingerprint density at radius 1 is 1.13 bits per heavy atom. The molecule has 11 heteroatoms. The molecule has 0 aromatic heterocycles. The molecule has 1 N–H and O–H groups in total. The first-order valence-corrected chi connectivity index (χ1v) is 10.7. The average molecular weight is 459 g/mol. The highest BCUT2D eigenvalue weighted by atomic mass is 32.2. The van der Waals surface area contributed by atoms with Gasteiger partial charge in [-0.2, -0.15) is 13.2 Å². The Hall–Kier alpha value is -2.43. The lowest BCUT2D eigenvalue weighted by Gasteiger charge is -2.36. The number of carbonyl (C=O) groups is 3. The van der Waals surface area contributed by atoms with E-state index in [0.29, 0.717) is 31.1 Å². The number of anilines is 1. The zero-order valence-corrected chi connectivity index (χ0v) is 18.2. The lowest BCUT2D eigenvalue weighted by Crippen LogP contribution is -2.52. The molecule has 0 radical (unpaired) electrons. The summed E-state index contributed by atoms with van der Waals surface area (Å²) < 4.78 is 43.9. The Morgan fingerprint density at radius 3 is 2.32 bits per heavy atom. The van der Waals surface area contributed by atoms with Gasteiger partial charge >= 0.3 is 12.3 Å². The van der Waals surface area contributed by atoms with Gasteiger partial charge in [-0.3, -0.25) is 9.59 Å². The van der Waals surface area contributed by atoms with Crippen LogP contribution in [0.15, 0.2) is 23.1 Å². The second kappa shape index (κ2) is 8.60. The number of nitrogens with one attached hydrogen (secondary N) is 1. The summed E-state index contributed by atoms with van der Waals surface area (Å²) in [6.45, 7) is 6.63. The summed E-state index contributed by atoms with van der Waals surface area (Å²) in [6.07, 6.45) is -5.01. The van der Waals surface area contributed by atoms with Crippen LogP contribution in [-0.2, 0) is 20.5 Å². The number of hydrogen-bond donors (Lipinski definition) is 1. The second-order valence-electron chi connectivity index (χ2n) is 8.36. The maximum absolute atomic E-state index is 12.9. The third kappa shape index (κ3) is 5.84. The van der Waals surface area contributed by atoms with Gasteiger partial charge in [0.25, 0.3) is 0 Å². The molecule has 0 spiro atoms. The number of piperazine rings is 1. The van der Waals surface area contributed by atoms with Crippen molar-refractivity contribution in [2.45, 2.75) is 49.1 Å². The number of halogens is 3. The van der Waals surface area contributed by atoms with Crippen LogP contribution in [0.25, 0.3) is 0 Å². The van der Waals surface area contributed by atoms with E-state index in [9.17, 15) is 27.6 Å². The van der Waals surface area contributed by atoms with Crippen LogP contribution in [0.5, 0.6) is 0 Å². The van der Waals surface area contributed by atoms with E-state index < -0.39 is 34.6 Å². The number of rotatable bonds is 2. The molecule has 0 aliphatic carbocycles. The van der Waals surface area contributed by atoms with E-state index in [1.54, 1.807) is 25.7 Å². The van der Waals surface area contributed by atoms with Crippen molar-refractivity contribution in [3.8, 4) is 0 Å². The predicted molar refractivity (Wildman–Crippen MR) is 109 cm³/mol. The molecular weight excluding hydrogens is 435 g/mol. The van der Waals surface area contributed by atoms with E-state index in [4.69, 9.17) is 4.74 Å². The number of ether oxygens (including phenoxy) is 1. The molecule has 170 valence electrons. The van der Waals surface area contributed by atoms with Crippen molar-refractivity contribution in [3.63, 3.8) is 0 Å². The molecule has 2 heterocycles. The number of alkyl halides is 3. The fourth-order valence-electron chi connectivity index (χ4n) is 3.21. The molecule has 3 amide bonds. The SMILES string of the molecule is CC(C)(C)OC(=O)N1CCN(C(=O)CC2Sc3ccc(C(F)(F)F)cc3NC2=O)CC1. The summed E-state index contributed by atoms with van der Waals surface area (Å²) in [5, 5.41) is 1.74. The van der Waals surface area contributed by atoms with Crippen molar-refractivity contribution >= 4 is 35.4 Å². The van der Waals surface area contributed by atoms with Crippen LogP contribution in [0.3, 0.4) is 0 Å². The molecule has 31 heavy (non-hydrogen) atoms. The molecule has 0 saturated carbocycles. The first kappa shape index (κ1) is 23.2. The van der Waals surface area contributed by atoms with E-state index in [0.717, 1.165) is 23.9 Å². The monoisotopic (exact) mass is 459 g/mol. The van der Waals surface area contributed by atoms with Gasteiger partial charge in [0.1, 0.15) is 5.60 Å². The zero-order chi connectivity index (χ0) is 23.0. The number of benzene rings is 1. The Balaban J connectivity index is 1.56. The number of hydrogen-bond acceptors (Lipinski definition) is 5. The topological polar surface area (TPSA) is 79.0 Å². The van der Waals surface area contributed by atoms with Gasteiger partial charge in [-0.1, -0.05) is 0 Å².